The van der Waals surface area contributed by atoms with Crippen molar-refractivity contribution < 1.29 is 4.74 Å². The molecule has 0 saturated carbocycles. The molecule has 0 radical (unpaired) electrons. The summed E-state index contributed by atoms with van der Waals surface area (Å²) in [6.45, 7) is 13.0. The molecule has 1 nitrogen and oxygen atoms in total. The van der Waals surface area contributed by atoms with E-state index < -0.39 is 0 Å². The van der Waals surface area contributed by atoms with Gasteiger partial charge in [0, 0.05) is 6.61 Å². The standard InChI is InChI=1S/C20H40O/c1-6-7-9-16(2)11-12-17(3)18(4)13-14-19(5)20-10-8-15-21-20/h16-20H,6-15H2,1-5H3. The van der Waals surface area contributed by atoms with Gasteiger partial charge in [0.15, 0.2) is 0 Å². The van der Waals surface area contributed by atoms with Crippen LogP contribution >= 0.6 is 0 Å². The Kier molecular flexibility index (Phi) is 9.64. The van der Waals surface area contributed by atoms with E-state index in [0.29, 0.717) is 6.10 Å². The summed E-state index contributed by atoms with van der Waals surface area (Å²) >= 11 is 0. The molecule has 126 valence electrons. The van der Waals surface area contributed by atoms with Crippen LogP contribution in [0.4, 0.5) is 0 Å². The van der Waals surface area contributed by atoms with Gasteiger partial charge in [-0.1, -0.05) is 73.1 Å². The molecule has 1 aliphatic rings. The second-order valence-electron chi connectivity index (χ2n) is 7.89. The minimum absolute atomic E-state index is 0.557. The number of rotatable bonds is 11. The Balaban J connectivity index is 2.13. The Morgan fingerprint density at radius 1 is 0.905 bits per heavy atom. The van der Waals surface area contributed by atoms with E-state index in [9.17, 15) is 0 Å². The van der Waals surface area contributed by atoms with Crippen LogP contribution in [0.5, 0.6) is 0 Å². The molecule has 1 aliphatic heterocycles. The quantitative estimate of drug-likeness (QED) is 0.425. The first-order valence-electron chi connectivity index (χ1n) is 9.66. The minimum Gasteiger partial charge on any atom is -0.378 e. The fourth-order valence-electron chi connectivity index (χ4n) is 3.58. The van der Waals surface area contributed by atoms with Gasteiger partial charge < -0.3 is 4.74 Å². The van der Waals surface area contributed by atoms with Gasteiger partial charge in [-0.2, -0.15) is 0 Å². The van der Waals surface area contributed by atoms with E-state index >= 15 is 0 Å². The lowest BCUT2D eigenvalue weighted by molar-refractivity contribution is 0.0629. The first-order valence-corrected chi connectivity index (χ1v) is 9.66. The lowest BCUT2D eigenvalue weighted by atomic mass is 9.83. The molecular formula is C20H40O. The summed E-state index contributed by atoms with van der Waals surface area (Å²) < 4.78 is 5.82. The number of hydrogen-bond donors (Lipinski definition) is 0. The van der Waals surface area contributed by atoms with Gasteiger partial charge >= 0.3 is 0 Å². The van der Waals surface area contributed by atoms with Crippen molar-refractivity contribution >= 4 is 0 Å². The zero-order valence-corrected chi connectivity index (χ0v) is 15.4. The predicted molar refractivity (Wildman–Crippen MR) is 93.6 cm³/mol. The van der Waals surface area contributed by atoms with Crippen LogP contribution in [0.2, 0.25) is 0 Å². The Morgan fingerprint density at radius 2 is 1.57 bits per heavy atom. The average molecular weight is 297 g/mol. The van der Waals surface area contributed by atoms with Crippen molar-refractivity contribution in [2.24, 2.45) is 23.7 Å². The molecule has 1 heterocycles. The van der Waals surface area contributed by atoms with Gasteiger partial charge in [-0.3, -0.25) is 0 Å². The summed E-state index contributed by atoms with van der Waals surface area (Å²) in [5.41, 5.74) is 0. The van der Waals surface area contributed by atoms with Gasteiger partial charge in [0.05, 0.1) is 6.10 Å². The second-order valence-corrected chi connectivity index (χ2v) is 7.89. The number of ether oxygens (including phenoxy) is 1. The number of hydrogen-bond acceptors (Lipinski definition) is 1. The smallest absolute Gasteiger partial charge is 0.0601 e. The maximum atomic E-state index is 5.82. The fourth-order valence-corrected chi connectivity index (χ4v) is 3.58. The van der Waals surface area contributed by atoms with Crippen molar-refractivity contribution in [1.82, 2.24) is 0 Å². The highest BCUT2D eigenvalue weighted by atomic mass is 16.5. The lowest BCUT2D eigenvalue weighted by Crippen LogP contribution is -2.18. The van der Waals surface area contributed by atoms with E-state index in [2.05, 4.69) is 34.6 Å². The van der Waals surface area contributed by atoms with Crippen LogP contribution in [0.1, 0.15) is 92.4 Å². The molecule has 5 unspecified atom stereocenters. The van der Waals surface area contributed by atoms with Gasteiger partial charge in [0.1, 0.15) is 0 Å². The molecule has 21 heavy (non-hydrogen) atoms. The minimum atomic E-state index is 0.557. The van der Waals surface area contributed by atoms with E-state index in [0.717, 1.165) is 30.3 Å². The van der Waals surface area contributed by atoms with E-state index in [1.54, 1.807) is 0 Å². The summed E-state index contributed by atoms with van der Waals surface area (Å²) in [6, 6.07) is 0. The molecule has 0 bridgehead atoms. The highest BCUT2D eigenvalue weighted by molar-refractivity contribution is 4.73. The van der Waals surface area contributed by atoms with Crippen LogP contribution in [-0.4, -0.2) is 12.7 Å². The Labute approximate surface area is 134 Å². The van der Waals surface area contributed by atoms with E-state index in [-0.39, 0.29) is 0 Å². The monoisotopic (exact) mass is 296 g/mol. The zero-order valence-electron chi connectivity index (χ0n) is 15.4. The van der Waals surface area contributed by atoms with Gasteiger partial charge in [-0.25, -0.2) is 0 Å². The largest absolute Gasteiger partial charge is 0.378 e. The van der Waals surface area contributed by atoms with Gasteiger partial charge in [-0.05, 0) is 42.9 Å². The third-order valence-corrected chi connectivity index (χ3v) is 5.81. The Hall–Kier alpha value is -0.0400. The Morgan fingerprint density at radius 3 is 2.14 bits per heavy atom. The molecule has 0 aromatic rings. The lowest BCUT2D eigenvalue weighted by Gasteiger charge is -2.24. The third kappa shape index (κ3) is 7.68. The predicted octanol–water partition coefficient (Wildman–Crippen LogP) is 6.46. The van der Waals surface area contributed by atoms with Crippen molar-refractivity contribution in [3.63, 3.8) is 0 Å². The number of unbranched alkanes of at least 4 members (excludes halogenated alkanes) is 1. The molecule has 5 atom stereocenters. The third-order valence-electron chi connectivity index (χ3n) is 5.81. The molecular weight excluding hydrogens is 256 g/mol. The highest BCUT2D eigenvalue weighted by Gasteiger charge is 2.23. The topological polar surface area (TPSA) is 9.23 Å². The summed E-state index contributed by atoms with van der Waals surface area (Å²) in [5.74, 6) is 3.43. The molecule has 0 aliphatic carbocycles. The first kappa shape index (κ1) is 19.0. The molecule has 1 heteroatoms. The van der Waals surface area contributed by atoms with Crippen LogP contribution in [0.15, 0.2) is 0 Å². The molecule has 1 rings (SSSR count). The van der Waals surface area contributed by atoms with Crippen LogP contribution in [-0.2, 0) is 4.74 Å². The summed E-state index contributed by atoms with van der Waals surface area (Å²) in [4.78, 5) is 0. The summed E-state index contributed by atoms with van der Waals surface area (Å²) in [6.07, 6.45) is 12.9. The molecule has 0 aromatic carbocycles. The van der Waals surface area contributed by atoms with Gasteiger partial charge in [0.25, 0.3) is 0 Å². The molecule has 0 N–H and O–H groups in total. The van der Waals surface area contributed by atoms with Crippen LogP contribution < -0.4 is 0 Å². The van der Waals surface area contributed by atoms with Crippen LogP contribution in [0.25, 0.3) is 0 Å². The van der Waals surface area contributed by atoms with E-state index in [1.165, 1.54) is 57.8 Å². The zero-order chi connectivity index (χ0) is 15.7. The molecule has 0 aromatic heterocycles. The molecule has 0 amide bonds. The molecule has 0 spiro atoms. The van der Waals surface area contributed by atoms with Crippen LogP contribution in [0, 0.1) is 23.7 Å². The molecule has 1 saturated heterocycles. The first-order chi connectivity index (χ1) is 10.0. The second kappa shape index (κ2) is 10.6. The van der Waals surface area contributed by atoms with Crippen LogP contribution in [0.3, 0.4) is 0 Å². The van der Waals surface area contributed by atoms with Crippen molar-refractivity contribution in [2.75, 3.05) is 6.61 Å². The van der Waals surface area contributed by atoms with Crippen molar-refractivity contribution in [3.8, 4) is 0 Å². The fraction of sp³-hybridized carbons (Fsp3) is 1.00. The normalized spacial score (nSPS) is 24.7. The SMILES string of the molecule is CCCCC(C)CCC(C)C(C)CCC(C)C1CCCO1. The Bertz CT molecular complexity index is 244. The molecule has 1 fully saturated rings. The summed E-state index contributed by atoms with van der Waals surface area (Å²) in [7, 11) is 0. The summed E-state index contributed by atoms with van der Waals surface area (Å²) in [5, 5.41) is 0. The van der Waals surface area contributed by atoms with Gasteiger partial charge in [-0.15, -0.1) is 0 Å². The van der Waals surface area contributed by atoms with Crippen molar-refractivity contribution in [3.05, 3.63) is 0 Å². The van der Waals surface area contributed by atoms with Crippen molar-refractivity contribution in [1.29, 1.82) is 0 Å². The highest BCUT2D eigenvalue weighted by Crippen LogP contribution is 2.29. The van der Waals surface area contributed by atoms with E-state index in [4.69, 9.17) is 4.74 Å². The maximum Gasteiger partial charge on any atom is 0.0601 e. The van der Waals surface area contributed by atoms with E-state index in [1.807, 2.05) is 0 Å². The van der Waals surface area contributed by atoms with Crippen molar-refractivity contribution in [2.45, 2.75) is 98.5 Å². The van der Waals surface area contributed by atoms with Gasteiger partial charge in [0.2, 0.25) is 0 Å². The average Bonchev–Trinajstić information content (AvgIpc) is 3.01. The maximum absolute atomic E-state index is 5.82.